The zero-order valence-electron chi connectivity index (χ0n) is 12.2. The normalized spacial score (nSPS) is 24.8. The van der Waals surface area contributed by atoms with Crippen LogP contribution in [-0.2, 0) is 31.9 Å². The fourth-order valence-electron chi connectivity index (χ4n) is 2.53. The summed E-state index contributed by atoms with van der Waals surface area (Å²) in [6, 6.07) is 9.33. The van der Waals surface area contributed by atoms with E-state index in [9.17, 15) is 13.0 Å². The number of nitrogens with zero attached hydrogens (tertiary/aromatic N) is 3. The predicted octanol–water partition coefficient (Wildman–Crippen LogP) is 0.482. The van der Waals surface area contributed by atoms with Crippen molar-refractivity contribution in [2.45, 2.75) is 24.9 Å². The van der Waals surface area contributed by atoms with Crippen molar-refractivity contribution in [3.8, 4) is 0 Å². The van der Waals surface area contributed by atoms with Gasteiger partial charge in [-0.15, -0.1) is 0 Å². The predicted molar refractivity (Wildman–Crippen MR) is 78.1 cm³/mol. The second-order valence-corrected chi connectivity index (χ2v) is 6.84. The van der Waals surface area contributed by atoms with E-state index in [-0.39, 0.29) is 19.6 Å². The lowest BCUT2D eigenvalue weighted by molar-refractivity contribution is -0.188. The Balaban J connectivity index is 1.80. The molecule has 8 nitrogen and oxygen atoms in total. The van der Waals surface area contributed by atoms with Crippen molar-refractivity contribution >= 4 is 10.1 Å². The van der Waals surface area contributed by atoms with Crippen molar-refractivity contribution in [1.82, 2.24) is 14.8 Å². The van der Waals surface area contributed by atoms with Gasteiger partial charge in [0.2, 0.25) is 5.79 Å². The topological polar surface area (TPSA) is 106 Å². The van der Waals surface area contributed by atoms with Gasteiger partial charge in [0.15, 0.2) is 0 Å². The standard InChI is InChI=1S/C14H17N3O5S/c18-23(19,20)7-6-13-8-21-14(22-13,9-17-11-15-10-16-17)12-4-2-1-3-5-12/h1-5,10-11,13H,6-9H2,(H,18,19,20)/p-1. The molecule has 2 heterocycles. The fourth-order valence-corrected chi connectivity index (χ4v) is 3.08. The first-order chi connectivity index (χ1) is 11.0. The molecule has 1 aliphatic heterocycles. The highest BCUT2D eigenvalue weighted by atomic mass is 32.2. The minimum Gasteiger partial charge on any atom is -0.748 e. The van der Waals surface area contributed by atoms with Gasteiger partial charge < -0.3 is 14.0 Å². The van der Waals surface area contributed by atoms with Crippen LogP contribution in [0, 0.1) is 0 Å². The van der Waals surface area contributed by atoms with Gasteiger partial charge in [-0.25, -0.2) is 18.1 Å². The molecule has 1 aliphatic rings. The SMILES string of the molecule is O=S(=O)([O-])CCC1COC(Cn2cncn2)(c2ccccc2)O1. The number of aromatic nitrogens is 3. The molecule has 0 aliphatic carbocycles. The van der Waals surface area contributed by atoms with Crippen LogP contribution in [0.25, 0.3) is 0 Å². The van der Waals surface area contributed by atoms with Crippen LogP contribution >= 0.6 is 0 Å². The smallest absolute Gasteiger partial charge is 0.215 e. The minimum absolute atomic E-state index is 0.0950. The fraction of sp³-hybridized carbons (Fsp3) is 0.429. The zero-order chi connectivity index (χ0) is 16.3. The number of hydrogen-bond acceptors (Lipinski definition) is 7. The van der Waals surface area contributed by atoms with Crippen LogP contribution < -0.4 is 0 Å². The maximum atomic E-state index is 10.8. The molecule has 0 spiro atoms. The van der Waals surface area contributed by atoms with Crippen molar-refractivity contribution in [1.29, 1.82) is 0 Å². The quantitative estimate of drug-likeness (QED) is 0.705. The van der Waals surface area contributed by atoms with E-state index in [1.165, 1.54) is 6.33 Å². The Bertz CT molecular complexity index is 735. The first-order valence-corrected chi connectivity index (χ1v) is 8.68. The summed E-state index contributed by atoms with van der Waals surface area (Å²) in [5, 5.41) is 4.06. The Morgan fingerprint density at radius 1 is 1.35 bits per heavy atom. The molecule has 9 heteroatoms. The molecular weight excluding hydrogens is 322 g/mol. The van der Waals surface area contributed by atoms with Gasteiger partial charge in [0.25, 0.3) is 0 Å². The largest absolute Gasteiger partial charge is 0.748 e. The van der Waals surface area contributed by atoms with Crippen molar-refractivity contribution in [3.63, 3.8) is 0 Å². The van der Waals surface area contributed by atoms with Gasteiger partial charge in [-0.05, 0) is 6.42 Å². The molecule has 3 rings (SSSR count). The molecule has 23 heavy (non-hydrogen) atoms. The summed E-state index contributed by atoms with van der Waals surface area (Å²) in [6.45, 7) is 0.483. The first-order valence-electron chi connectivity index (χ1n) is 7.10. The lowest BCUT2D eigenvalue weighted by Crippen LogP contribution is -2.34. The van der Waals surface area contributed by atoms with Crippen molar-refractivity contribution in [2.75, 3.05) is 12.4 Å². The summed E-state index contributed by atoms with van der Waals surface area (Å²) in [7, 11) is -4.28. The Morgan fingerprint density at radius 2 is 2.13 bits per heavy atom. The Kier molecular flexibility index (Phi) is 4.44. The average Bonchev–Trinajstić information content (AvgIpc) is 3.16. The van der Waals surface area contributed by atoms with E-state index in [1.807, 2.05) is 30.3 Å². The van der Waals surface area contributed by atoms with Crippen molar-refractivity contribution in [2.24, 2.45) is 0 Å². The molecule has 0 saturated carbocycles. The minimum atomic E-state index is -4.28. The molecule has 1 saturated heterocycles. The molecule has 2 atom stereocenters. The second kappa shape index (κ2) is 6.36. The van der Waals surface area contributed by atoms with Gasteiger partial charge in [-0.2, -0.15) is 5.10 Å². The summed E-state index contributed by atoms with van der Waals surface area (Å²) < 4.78 is 45.8. The summed E-state index contributed by atoms with van der Waals surface area (Å²) in [5.41, 5.74) is 0.794. The van der Waals surface area contributed by atoms with E-state index in [2.05, 4.69) is 10.1 Å². The van der Waals surface area contributed by atoms with Crippen LogP contribution in [0.4, 0.5) is 0 Å². The molecule has 1 aromatic heterocycles. The molecule has 1 aromatic carbocycles. The van der Waals surface area contributed by atoms with E-state index in [0.717, 1.165) is 5.56 Å². The lowest BCUT2D eigenvalue weighted by atomic mass is 10.1. The molecule has 0 bridgehead atoms. The molecule has 2 unspecified atom stereocenters. The van der Waals surface area contributed by atoms with E-state index >= 15 is 0 Å². The highest BCUT2D eigenvalue weighted by Gasteiger charge is 2.43. The third kappa shape index (κ3) is 3.94. The monoisotopic (exact) mass is 338 g/mol. The summed E-state index contributed by atoms with van der Waals surface area (Å²) in [6.07, 6.45) is 2.59. The molecule has 2 aromatic rings. The molecule has 124 valence electrons. The Morgan fingerprint density at radius 3 is 2.78 bits per heavy atom. The molecule has 0 N–H and O–H groups in total. The number of hydrogen-bond donors (Lipinski definition) is 0. The van der Waals surface area contributed by atoms with Crippen LogP contribution in [0.1, 0.15) is 12.0 Å². The first kappa shape index (κ1) is 16.1. The lowest BCUT2D eigenvalue weighted by Gasteiger charge is -2.28. The molecule has 1 fully saturated rings. The molecular formula is C14H16N3O5S-. The highest BCUT2D eigenvalue weighted by molar-refractivity contribution is 7.85. The Hall–Kier alpha value is -1.81. The zero-order valence-corrected chi connectivity index (χ0v) is 13.1. The van der Waals surface area contributed by atoms with Gasteiger partial charge in [-0.1, -0.05) is 30.3 Å². The van der Waals surface area contributed by atoms with Crippen molar-refractivity contribution < 1.29 is 22.4 Å². The summed E-state index contributed by atoms with van der Waals surface area (Å²) in [4.78, 5) is 3.90. The maximum Gasteiger partial charge on any atom is 0.215 e. The van der Waals surface area contributed by atoms with Gasteiger partial charge in [-0.3, -0.25) is 0 Å². The van der Waals surface area contributed by atoms with Gasteiger partial charge in [0.05, 0.1) is 22.8 Å². The van der Waals surface area contributed by atoms with E-state index < -0.39 is 27.8 Å². The van der Waals surface area contributed by atoms with E-state index in [4.69, 9.17) is 9.47 Å². The van der Waals surface area contributed by atoms with Crippen molar-refractivity contribution in [3.05, 3.63) is 48.5 Å². The molecule has 0 amide bonds. The van der Waals surface area contributed by atoms with E-state index in [1.54, 1.807) is 11.0 Å². The highest BCUT2D eigenvalue weighted by Crippen LogP contribution is 2.36. The van der Waals surface area contributed by atoms with Crippen LogP contribution in [0.15, 0.2) is 43.0 Å². The van der Waals surface area contributed by atoms with Crippen LogP contribution in [0.5, 0.6) is 0 Å². The summed E-state index contributed by atoms with van der Waals surface area (Å²) >= 11 is 0. The molecule has 0 radical (unpaired) electrons. The van der Waals surface area contributed by atoms with E-state index in [0.29, 0.717) is 0 Å². The summed E-state index contributed by atoms with van der Waals surface area (Å²) in [5.74, 6) is -1.55. The van der Waals surface area contributed by atoms with Gasteiger partial charge >= 0.3 is 0 Å². The third-order valence-corrected chi connectivity index (χ3v) is 4.34. The average molecular weight is 338 g/mol. The van der Waals surface area contributed by atoms with Crippen LogP contribution in [0.2, 0.25) is 0 Å². The maximum absolute atomic E-state index is 10.8. The number of benzene rings is 1. The van der Waals surface area contributed by atoms with Crippen LogP contribution in [0.3, 0.4) is 0 Å². The second-order valence-electron chi connectivity index (χ2n) is 5.31. The number of ether oxygens (including phenoxy) is 2. The number of rotatable bonds is 6. The third-order valence-electron chi connectivity index (χ3n) is 3.60. The Labute approximate surface area is 133 Å². The van der Waals surface area contributed by atoms with Gasteiger partial charge in [0, 0.05) is 11.3 Å². The van der Waals surface area contributed by atoms with Crippen LogP contribution in [-0.4, -0.2) is 46.2 Å². The van der Waals surface area contributed by atoms with Gasteiger partial charge in [0.1, 0.15) is 19.2 Å².